The molecule has 3 rings (SSSR count). The van der Waals surface area contributed by atoms with Gasteiger partial charge in [-0.2, -0.15) is 0 Å². The Morgan fingerprint density at radius 3 is 2.46 bits per heavy atom. The zero-order valence-corrected chi connectivity index (χ0v) is 17.1. The van der Waals surface area contributed by atoms with Gasteiger partial charge in [-0.3, -0.25) is 0 Å². The summed E-state index contributed by atoms with van der Waals surface area (Å²) in [5.41, 5.74) is 3.44. The van der Waals surface area contributed by atoms with Crippen molar-refractivity contribution in [1.29, 1.82) is 0 Å². The molecular formula is C22H25NO4S. The minimum absolute atomic E-state index is 0.216. The van der Waals surface area contributed by atoms with E-state index in [9.17, 15) is 13.2 Å². The van der Waals surface area contributed by atoms with E-state index in [1.165, 1.54) is 0 Å². The Morgan fingerprint density at radius 1 is 1.11 bits per heavy atom. The Labute approximate surface area is 166 Å². The first kappa shape index (κ1) is 20.3. The first-order valence-electron chi connectivity index (χ1n) is 9.21. The summed E-state index contributed by atoms with van der Waals surface area (Å²) < 4.78 is 29.0. The van der Waals surface area contributed by atoms with Crippen LogP contribution in [0.4, 0.5) is 0 Å². The summed E-state index contributed by atoms with van der Waals surface area (Å²) in [7, 11) is -3.65. The molecule has 0 heterocycles. The zero-order valence-electron chi connectivity index (χ0n) is 16.3. The van der Waals surface area contributed by atoms with Gasteiger partial charge in [0.15, 0.2) is 0 Å². The van der Waals surface area contributed by atoms with Crippen molar-refractivity contribution in [3.8, 4) is 0 Å². The maximum atomic E-state index is 13.1. The lowest BCUT2D eigenvalue weighted by Crippen LogP contribution is -2.36. The topological polar surface area (TPSA) is 83.5 Å². The van der Waals surface area contributed by atoms with Crippen molar-refractivity contribution < 1.29 is 18.3 Å². The maximum Gasteiger partial charge on any atom is 0.328 e. The van der Waals surface area contributed by atoms with Crippen molar-refractivity contribution in [3.05, 3.63) is 70.8 Å². The number of benzene rings is 2. The predicted octanol–water partition coefficient (Wildman–Crippen LogP) is 3.53. The number of fused-ring (bicyclic) bond motifs is 1. The lowest BCUT2D eigenvalue weighted by molar-refractivity contribution is -0.131. The van der Waals surface area contributed by atoms with Crippen LogP contribution in [0.25, 0.3) is 6.08 Å². The van der Waals surface area contributed by atoms with Crippen molar-refractivity contribution in [2.45, 2.75) is 50.0 Å². The van der Waals surface area contributed by atoms with Crippen LogP contribution in [0.15, 0.2) is 53.4 Å². The molecule has 2 aromatic rings. The molecule has 2 N–H and O–H groups in total. The molecule has 0 amide bonds. The van der Waals surface area contributed by atoms with Crippen molar-refractivity contribution >= 4 is 22.1 Å². The van der Waals surface area contributed by atoms with Crippen LogP contribution in [0.5, 0.6) is 0 Å². The standard InChI is InChI=1S/C22H25NO4S/c1-22(2,3)19-6-4-5-7-20(19)28(26,27)23-18-13-16-10-8-15(9-11-21(24)25)12-17(16)14-18/h4-12,18,23H,13-14H2,1-3H3,(H,24,25). The third-order valence-electron chi connectivity index (χ3n) is 4.89. The van der Waals surface area contributed by atoms with Gasteiger partial charge in [-0.25, -0.2) is 17.9 Å². The number of carbonyl (C=O) groups is 1. The fourth-order valence-corrected chi connectivity index (χ4v) is 5.25. The Balaban J connectivity index is 1.81. The van der Waals surface area contributed by atoms with Gasteiger partial charge < -0.3 is 5.11 Å². The molecule has 1 atom stereocenters. The van der Waals surface area contributed by atoms with E-state index < -0.39 is 16.0 Å². The van der Waals surface area contributed by atoms with Gasteiger partial charge in [0.25, 0.3) is 0 Å². The molecule has 148 valence electrons. The summed E-state index contributed by atoms with van der Waals surface area (Å²) in [4.78, 5) is 11.0. The van der Waals surface area contributed by atoms with Gasteiger partial charge in [-0.05, 0) is 52.7 Å². The summed E-state index contributed by atoms with van der Waals surface area (Å²) in [6, 6.07) is 12.6. The predicted molar refractivity (Wildman–Crippen MR) is 110 cm³/mol. The van der Waals surface area contributed by atoms with Crippen LogP contribution in [-0.4, -0.2) is 25.5 Å². The van der Waals surface area contributed by atoms with Gasteiger partial charge in [-0.15, -0.1) is 0 Å². The Morgan fingerprint density at radius 2 is 1.79 bits per heavy atom. The summed E-state index contributed by atoms with van der Waals surface area (Å²) in [5, 5.41) is 8.76. The zero-order chi connectivity index (χ0) is 20.5. The minimum atomic E-state index is -3.65. The second-order valence-electron chi connectivity index (χ2n) is 8.17. The van der Waals surface area contributed by atoms with Gasteiger partial charge in [0.05, 0.1) is 4.90 Å². The Bertz CT molecular complexity index is 1030. The molecule has 0 aromatic heterocycles. The molecule has 0 fully saturated rings. The molecule has 5 nitrogen and oxygen atoms in total. The number of rotatable bonds is 5. The number of sulfonamides is 1. The molecule has 1 aliphatic rings. The molecule has 1 aliphatic carbocycles. The van der Waals surface area contributed by atoms with E-state index in [2.05, 4.69) is 4.72 Å². The average Bonchev–Trinajstić information content (AvgIpc) is 2.99. The third kappa shape index (κ3) is 4.51. The number of hydrogen-bond donors (Lipinski definition) is 2. The third-order valence-corrected chi connectivity index (χ3v) is 6.47. The molecule has 0 spiro atoms. The smallest absolute Gasteiger partial charge is 0.328 e. The molecule has 0 saturated heterocycles. The highest BCUT2D eigenvalue weighted by Crippen LogP contribution is 2.30. The van der Waals surface area contributed by atoms with E-state index in [-0.39, 0.29) is 11.5 Å². The molecule has 0 aliphatic heterocycles. The summed E-state index contributed by atoms with van der Waals surface area (Å²) in [6.07, 6.45) is 3.84. The van der Waals surface area contributed by atoms with Crippen LogP contribution < -0.4 is 4.72 Å². The van der Waals surface area contributed by atoms with E-state index in [0.717, 1.165) is 28.3 Å². The highest BCUT2D eigenvalue weighted by Gasteiger charge is 2.30. The minimum Gasteiger partial charge on any atom is -0.478 e. The molecule has 0 bridgehead atoms. The summed E-state index contributed by atoms with van der Waals surface area (Å²) >= 11 is 0. The van der Waals surface area contributed by atoms with E-state index in [0.29, 0.717) is 17.7 Å². The van der Waals surface area contributed by atoms with Crippen LogP contribution >= 0.6 is 0 Å². The Hall–Kier alpha value is -2.44. The van der Waals surface area contributed by atoms with Crippen LogP contribution in [-0.2, 0) is 33.1 Å². The molecule has 0 saturated carbocycles. The first-order chi connectivity index (χ1) is 13.1. The molecule has 2 aromatic carbocycles. The molecular weight excluding hydrogens is 374 g/mol. The van der Waals surface area contributed by atoms with Crippen molar-refractivity contribution in [2.75, 3.05) is 0 Å². The monoisotopic (exact) mass is 399 g/mol. The average molecular weight is 400 g/mol. The molecule has 0 radical (unpaired) electrons. The van der Waals surface area contributed by atoms with E-state index in [4.69, 9.17) is 5.11 Å². The van der Waals surface area contributed by atoms with Crippen LogP contribution in [0.1, 0.15) is 43.0 Å². The van der Waals surface area contributed by atoms with E-state index in [1.54, 1.807) is 18.2 Å². The van der Waals surface area contributed by atoms with Crippen molar-refractivity contribution in [3.63, 3.8) is 0 Å². The first-order valence-corrected chi connectivity index (χ1v) is 10.7. The molecule has 1 unspecified atom stereocenters. The van der Waals surface area contributed by atoms with Crippen molar-refractivity contribution in [1.82, 2.24) is 4.72 Å². The highest BCUT2D eigenvalue weighted by atomic mass is 32.2. The van der Waals surface area contributed by atoms with Crippen LogP contribution in [0.3, 0.4) is 0 Å². The van der Waals surface area contributed by atoms with Crippen molar-refractivity contribution in [2.24, 2.45) is 0 Å². The van der Waals surface area contributed by atoms with Gasteiger partial charge in [-0.1, -0.05) is 57.2 Å². The SMILES string of the molecule is CC(C)(C)c1ccccc1S(=O)(=O)NC1Cc2ccc(C=CC(=O)O)cc2C1. The van der Waals surface area contributed by atoms with Gasteiger partial charge in [0, 0.05) is 12.1 Å². The number of hydrogen-bond acceptors (Lipinski definition) is 3. The second-order valence-corrected chi connectivity index (χ2v) is 9.85. The number of aliphatic carboxylic acids is 1. The molecule has 28 heavy (non-hydrogen) atoms. The fraction of sp³-hybridized carbons (Fsp3) is 0.318. The molecule has 6 heteroatoms. The van der Waals surface area contributed by atoms with Gasteiger partial charge in [0.1, 0.15) is 0 Å². The van der Waals surface area contributed by atoms with Crippen LogP contribution in [0, 0.1) is 0 Å². The summed E-state index contributed by atoms with van der Waals surface area (Å²) in [6.45, 7) is 6.00. The normalized spacial score (nSPS) is 17.0. The quantitative estimate of drug-likeness (QED) is 0.754. The van der Waals surface area contributed by atoms with Gasteiger partial charge in [0.2, 0.25) is 10.0 Å². The van der Waals surface area contributed by atoms with E-state index >= 15 is 0 Å². The summed E-state index contributed by atoms with van der Waals surface area (Å²) in [5.74, 6) is -0.997. The lowest BCUT2D eigenvalue weighted by atomic mass is 9.87. The fourth-order valence-electron chi connectivity index (χ4n) is 3.60. The highest BCUT2D eigenvalue weighted by molar-refractivity contribution is 7.89. The maximum absolute atomic E-state index is 13.1. The number of nitrogens with one attached hydrogen (secondary N) is 1. The number of carboxylic acid groups (broad SMARTS) is 1. The Kier molecular flexibility index (Phi) is 5.46. The largest absolute Gasteiger partial charge is 0.478 e. The number of carboxylic acids is 1. The second kappa shape index (κ2) is 7.53. The van der Waals surface area contributed by atoms with Crippen LogP contribution in [0.2, 0.25) is 0 Å². The van der Waals surface area contributed by atoms with Gasteiger partial charge >= 0.3 is 5.97 Å². The van der Waals surface area contributed by atoms with E-state index in [1.807, 2.05) is 51.1 Å². The lowest BCUT2D eigenvalue weighted by Gasteiger charge is -2.23.